The van der Waals surface area contributed by atoms with E-state index in [-0.39, 0.29) is 30.9 Å². The average molecular weight is 481 g/mol. The van der Waals surface area contributed by atoms with Gasteiger partial charge in [0.15, 0.2) is 0 Å². The minimum atomic E-state index is -0.930. The molecule has 1 unspecified atom stereocenters. The quantitative estimate of drug-likeness (QED) is 0.370. The second kappa shape index (κ2) is 12.9. The zero-order valence-corrected chi connectivity index (χ0v) is 20.6. The molecule has 35 heavy (non-hydrogen) atoms. The minimum absolute atomic E-state index is 0.0306. The fourth-order valence-electron chi connectivity index (χ4n) is 4.86. The smallest absolute Gasteiger partial charge is 0.407 e. The fourth-order valence-corrected chi connectivity index (χ4v) is 4.86. The summed E-state index contributed by atoms with van der Waals surface area (Å²) in [6, 6.07) is 16.1. The number of amides is 2. The first-order chi connectivity index (χ1) is 16.9. The SMILES string of the molecule is CCCC(CCNC(=O)OCC1c2ccccc2-c2ccccc21)CCC(=O)N[C@H](C)CC(=O)O. The molecule has 1 aliphatic carbocycles. The van der Waals surface area contributed by atoms with Crippen molar-refractivity contribution in [3.8, 4) is 11.1 Å². The maximum Gasteiger partial charge on any atom is 0.407 e. The van der Waals surface area contributed by atoms with Gasteiger partial charge in [-0.2, -0.15) is 0 Å². The van der Waals surface area contributed by atoms with Gasteiger partial charge in [0.05, 0.1) is 6.42 Å². The Hall–Kier alpha value is -3.35. The number of nitrogens with one attached hydrogen (secondary N) is 2. The van der Waals surface area contributed by atoms with Crippen LogP contribution in [0.2, 0.25) is 0 Å². The third kappa shape index (κ3) is 7.57. The lowest BCUT2D eigenvalue weighted by atomic mass is 9.94. The van der Waals surface area contributed by atoms with E-state index < -0.39 is 12.1 Å². The Balaban J connectivity index is 1.42. The van der Waals surface area contributed by atoms with Gasteiger partial charge >= 0.3 is 12.1 Å². The number of carboxylic acids is 1. The second-order valence-electron chi connectivity index (χ2n) is 9.30. The topological polar surface area (TPSA) is 105 Å². The van der Waals surface area contributed by atoms with E-state index in [1.165, 1.54) is 22.3 Å². The molecule has 0 saturated heterocycles. The number of carbonyl (C=O) groups is 3. The molecule has 2 amide bonds. The highest BCUT2D eigenvalue weighted by molar-refractivity contribution is 5.79. The van der Waals surface area contributed by atoms with Crippen molar-refractivity contribution in [3.63, 3.8) is 0 Å². The van der Waals surface area contributed by atoms with Gasteiger partial charge in [-0.15, -0.1) is 0 Å². The molecule has 188 valence electrons. The summed E-state index contributed by atoms with van der Waals surface area (Å²) in [7, 11) is 0. The van der Waals surface area contributed by atoms with Crippen LogP contribution in [0.3, 0.4) is 0 Å². The van der Waals surface area contributed by atoms with Crippen LogP contribution in [-0.2, 0) is 14.3 Å². The number of ether oxygens (including phenoxy) is 1. The van der Waals surface area contributed by atoms with E-state index in [0.29, 0.717) is 25.3 Å². The van der Waals surface area contributed by atoms with Gasteiger partial charge in [0.1, 0.15) is 6.61 Å². The maximum absolute atomic E-state index is 12.4. The number of rotatable bonds is 13. The number of aliphatic carboxylic acids is 1. The van der Waals surface area contributed by atoms with Gasteiger partial charge in [0.25, 0.3) is 0 Å². The van der Waals surface area contributed by atoms with Crippen LogP contribution in [0.5, 0.6) is 0 Å². The Morgan fingerprint density at radius 2 is 1.60 bits per heavy atom. The molecule has 0 saturated carbocycles. The fraction of sp³-hybridized carbons (Fsp3) is 0.464. The third-order valence-corrected chi connectivity index (χ3v) is 6.53. The van der Waals surface area contributed by atoms with Crippen LogP contribution in [-0.4, -0.2) is 42.3 Å². The molecule has 0 spiro atoms. The van der Waals surface area contributed by atoms with E-state index in [0.717, 1.165) is 19.3 Å². The number of carboxylic acid groups (broad SMARTS) is 1. The van der Waals surface area contributed by atoms with Crippen LogP contribution in [0, 0.1) is 5.92 Å². The van der Waals surface area contributed by atoms with Crippen LogP contribution in [0.1, 0.15) is 69.4 Å². The van der Waals surface area contributed by atoms with Crippen molar-refractivity contribution in [2.45, 2.75) is 64.3 Å². The van der Waals surface area contributed by atoms with Crippen molar-refractivity contribution in [3.05, 3.63) is 59.7 Å². The van der Waals surface area contributed by atoms with E-state index in [9.17, 15) is 14.4 Å². The normalized spacial score (nSPS) is 13.9. The Kier molecular flexibility index (Phi) is 9.70. The lowest BCUT2D eigenvalue weighted by Crippen LogP contribution is -2.34. The number of fused-ring (bicyclic) bond motifs is 3. The van der Waals surface area contributed by atoms with Crippen molar-refractivity contribution < 1.29 is 24.2 Å². The van der Waals surface area contributed by atoms with Crippen molar-refractivity contribution in [2.24, 2.45) is 5.92 Å². The summed E-state index contributed by atoms with van der Waals surface area (Å²) in [5.41, 5.74) is 4.75. The van der Waals surface area contributed by atoms with E-state index in [1.807, 2.05) is 24.3 Å². The summed E-state index contributed by atoms with van der Waals surface area (Å²) in [5.74, 6) is -0.734. The van der Waals surface area contributed by atoms with Gasteiger partial charge in [-0.1, -0.05) is 68.3 Å². The third-order valence-electron chi connectivity index (χ3n) is 6.53. The lowest BCUT2D eigenvalue weighted by Gasteiger charge is -2.18. The Labute approximate surface area is 207 Å². The first-order valence-corrected chi connectivity index (χ1v) is 12.5. The molecular weight excluding hydrogens is 444 g/mol. The second-order valence-corrected chi connectivity index (χ2v) is 9.30. The Bertz CT molecular complexity index is 976. The highest BCUT2D eigenvalue weighted by atomic mass is 16.5. The van der Waals surface area contributed by atoms with Crippen molar-refractivity contribution in [2.75, 3.05) is 13.2 Å². The first kappa shape index (κ1) is 26.3. The number of hydrogen-bond acceptors (Lipinski definition) is 4. The molecular formula is C28H36N2O5. The van der Waals surface area contributed by atoms with Crippen LogP contribution in [0.25, 0.3) is 11.1 Å². The zero-order chi connectivity index (χ0) is 25.2. The molecule has 3 N–H and O–H groups in total. The monoisotopic (exact) mass is 480 g/mol. The summed E-state index contributed by atoms with van der Waals surface area (Å²) in [4.78, 5) is 35.3. The van der Waals surface area contributed by atoms with E-state index >= 15 is 0 Å². The molecule has 0 bridgehead atoms. The first-order valence-electron chi connectivity index (χ1n) is 12.5. The largest absolute Gasteiger partial charge is 0.481 e. The number of benzene rings is 2. The summed E-state index contributed by atoms with van der Waals surface area (Å²) in [6.07, 6.45) is 3.24. The molecule has 2 aromatic carbocycles. The molecule has 0 radical (unpaired) electrons. The van der Waals surface area contributed by atoms with Gasteiger partial charge in [-0.25, -0.2) is 4.79 Å². The predicted octanol–water partition coefficient (Wildman–Crippen LogP) is 5.09. The van der Waals surface area contributed by atoms with E-state index in [1.54, 1.807) is 6.92 Å². The molecule has 0 aliphatic heterocycles. The molecule has 0 aromatic heterocycles. The van der Waals surface area contributed by atoms with Crippen molar-refractivity contribution >= 4 is 18.0 Å². The average Bonchev–Trinajstić information content (AvgIpc) is 3.14. The van der Waals surface area contributed by atoms with Crippen LogP contribution in [0.4, 0.5) is 4.79 Å². The van der Waals surface area contributed by atoms with Crippen molar-refractivity contribution in [1.82, 2.24) is 10.6 Å². The standard InChI is InChI=1S/C28H36N2O5/c1-3-8-20(13-14-26(31)30-19(2)17-27(32)33)15-16-29-28(34)35-18-25-23-11-6-4-9-21(23)22-10-5-7-12-24(22)25/h4-7,9-12,19-20,25H,3,8,13-18H2,1-2H3,(H,29,34)(H,30,31)(H,32,33)/t19-,20?/m1/s1. The summed E-state index contributed by atoms with van der Waals surface area (Å²) in [5, 5.41) is 14.4. The van der Waals surface area contributed by atoms with Gasteiger partial charge in [-0.05, 0) is 47.9 Å². The molecule has 0 fully saturated rings. The highest BCUT2D eigenvalue weighted by Gasteiger charge is 2.29. The summed E-state index contributed by atoms with van der Waals surface area (Å²) >= 11 is 0. The minimum Gasteiger partial charge on any atom is -0.481 e. The van der Waals surface area contributed by atoms with E-state index in [4.69, 9.17) is 9.84 Å². The predicted molar refractivity (Wildman–Crippen MR) is 135 cm³/mol. The number of hydrogen-bond donors (Lipinski definition) is 3. The van der Waals surface area contributed by atoms with Gasteiger partial charge in [0.2, 0.25) is 5.91 Å². The molecule has 0 heterocycles. The highest BCUT2D eigenvalue weighted by Crippen LogP contribution is 2.44. The molecule has 7 nitrogen and oxygen atoms in total. The number of alkyl carbamates (subject to hydrolysis) is 1. The molecule has 2 aromatic rings. The lowest BCUT2D eigenvalue weighted by molar-refractivity contribution is -0.137. The maximum atomic E-state index is 12.4. The molecule has 2 atom stereocenters. The Morgan fingerprint density at radius 1 is 0.971 bits per heavy atom. The van der Waals surface area contributed by atoms with Crippen molar-refractivity contribution in [1.29, 1.82) is 0 Å². The van der Waals surface area contributed by atoms with E-state index in [2.05, 4.69) is 41.8 Å². The molecule has 3 rings (SSSR count). The molecule has 7 heteroatoms. The number of carbonyl (C=O) groups excluding carboxylic acids is 2. The zero-order valence-electron chi connectivity index (χ0n) is 20.6. The van der Waals surface area contributed by atoms with Gasteiger partial charge < -0.3 is 20.5 Å². The van der Waals surface area contributed by atoms with Crippen LogP contribution < -0.4 is 10.6 Å². The summed E-state index contributed by atoms with van der Waals surface area (Å²) < 4.78 is 5.59. The van der Waals surface area contributed by atoms with Crippen LogP contribution in [0.15, 0.2) is 48.5 Å². The Morgan fingerprint density at radius 3 is 2.20 bits per heavy atom. The van der Waals surface area contributed by atoms with Gasteiger partial charge in [0, 0.05) is 24.9 Å². The molecule has 1 aliphatic rings. The summed E-state index contributed by atoms with van der Waals surface area (Å²) in [6.45, 7) is 4.56. The van der Waals surface area contributed by atoms with Crippen LogP contribution >= 0.6 is 0 Å². The van der Waals surface area contributed by atoms with Gasteiger partial charge in [-0.3, -0.25) is 9.59 Å².